The average Bonchev–Trinajstić information content (AvgIpc) is 2.96. The molecular weight excluding hydrogens is 242 g/mol. The second kappa shape index (κ2) is 4.98. The van der Waals surface area contributed by atoms with Gasteiger partial charge < -0.3 is 19.7 Å². The fourth-order valence-electron chi connectivity index (χ4n) is 1.50. The van der Waals surface area contributed by atoms with Crippen LogP contribution in [0, 0.1) is 0 Å². The van der Waals surface area contributed by atoms with E-state index in [-0.39, 0.29) is 23.7 Å². The molecule has 0 fully saturated rings. The molecule has 0 radical (unpaired) electrons. The molecule has 1 unspecified atom stereocenters. The van der Waals surface area contributed by atoms with Gasteiger partial charge in [0.05, 0.1) is 25.5 Å². The number of aromatic carboxylic acids is 1. The number of aromatic nitrogens is 3. The fourth-order valence-corrected chi connectivity index (χ4v) is 1.50. The van der Waals surface area contributed by atoms with Crippen molar-refractivity contribution in [3.8, 4) is 11.5 Å². The summed E-state index contributed by atoms with van der Waals surface area (Å²) in [7, 11) is 0. The highest BCUT2D eigenvalue weighted by Crippen LogP contribution is 2.22. The SMILES string of the molecule is O=C(O)c1nnn(CC(O)CO)c1-c1ccco1. The second-order valence-corrected chi connectivity index (χ2v) is 3.59. The molecule has 2 aromatic rings. The van der Waals surface area contributed by atoms with Crippen molar-refractivity contribution in [2.75, 3.05) is 6.61 Å². The van der Waals surface area contributed by atoms with Crippen LogP contribution in [0.5, 0.6) is 0 Å². The van der Waals surface area contributed by atoms with Crippen LogP contribution in [0.2, 0.25) is 0 Å². The molecule has 0 saturated carbocycles. The smallest absolute Gasteiger partial charge is 0.358 e. The van der Waals surface area contributed by atoms with Gasteiger partial charge in [0.15, 0.2) is 5.76 Å². The van der Waals surface area contributed by atoms with E-state index in [4.69, 9.17) is 14.6 Å². The van der Waals surface area contributed by atoms with Crippen LogP contribution in [-0.4, -0.2) is 49.0 Å². The van der Waals surface area contributed by atoms with Crippen LogP contribution >= 0.6 is 0 Å². The molecule has 8 heteroatoms. The Morgan fingerprint density at radius 1 is 1.56 bits per heavy atom. The summed E-state index contributed by atoms with van der Waals surface area (Å²) >= 11 is 0. The third-order valence-electron chi connectivity index (χ3n) is 2.29. The summed E-state index contributed by atoms with van der Waals surface area (Å²) in [5, 5.41) is 34.3. The molecule has 3 N–H and O–H groups in total. The largest absolute Gasteiger partial charge is 0.476 e. The van der Waals surface area contributed by atoms with E-state index in [1.165, 1.54) is 10.9 Å². The van der Waals surface area contributed by atoms with Crippen LogP contribution in [0.1, 0.15) is 10.5 Å². The number of furan rings is 1. The third-order valence-corrected chi connectivity index (χ3v) is 2.29. The molecule has 0 saturated heterocycles. The number of rotatable bonds is 5. The molecule has 0 aliphatic rings. The van der Waals surface area contributed by atoms with E-state index in [2.05, 4.69) is 10.3 Å². The van der Waals surface area contributed by atoms with Crippen LogP contribution in [0.15, 0.2) is 22.8 Å². The Morgan fingerprint density at radius 2 is 2.33 bits per heavy atom. The van der Waals surface area contributed by atoms with E-state index in [0.29, 0.717) is 0 Å². The van der Waals surface area contributed by atoms with E-state index in [9.17, 15) is 9.90 Å². The normalized spacial score (nSPS) is 12.6. The van der Waals surface area contributed by atoms with Gasteiger partial charge in [-0.25, -0.2) is 9.48 Å². The minimum Gasteiger partial charge on any atom is -0.476 e. The van der Waals surface area contributed by atoms with Crippen LogP contribution in [0.3, 0.4) is 0 Å². The number of hydrogen-bond donors (Lipinski definition) is 3. The highest BCUT2D eigenvalue weighted by molar-refractivity contribution is 5.91. The van der Waals surface area contributed by atoms with E-state index < -0.39 is 18.7 Å². The number of carboxylic acid groups (broad SMARTS) is 1. The Bertz CT molecular complexity index is 534. The Labute approximate surface area is 101 Å². The lowest BCUT2D eigenvalue weighted by Crippen LogP contribution is -2.21. The van der Waals surface area contributed by atoms with E-state index in [1.54, 1.807) is 12.1 Å². The van der Waals surface area contributed by atoms with Gasteiger partial charge in [0, 0.05) is 0 Å². The Morgan fingerprint density at radius 3 is 2.89 bits per heavy atom. The van der Waals surface area contributed by atoms with Gasteiger partial charge in [0.2, 0.25) is 5.69 Å². The summed E-state index contributed by atoms with van der Waals surface area (Å²) < 4.78 is 6.30. The summed E-state index contributed by atoms with van der Waals surface area (Å²) in [5.74, 6) is -0.964. The first-order valence-corrected chi connectivity index (χ1v) is 5.13. The zero-order valence-electron chi connectivity index (χ0n) is 9.22. The van der Waals surface area contributed by atoms with Crippen molar-refractivity contribution >= 4 is 5.97 Å². The topological polar surface area (TPSA) is 122 Å². The first-order chi connectivity index (χ1) is 8.63. The number of carbonyl (C=O) groups is 1. The van der Waals surface area contributed by atoms with Crippen LogP contribution in [0.25, 0.3) is 11.5 Å². The Hall–Kier alpha value is -2.19. The van der Waals surface area contributed by atoms with Crippen molar-refractivity contribution in [2.24, 2.45) is 0 Å². The average molecular weight is 253 g/mol. The molecule has 2 aromatic heterocycles. The standard InChI is InChI=1S/C10H11N3O5/c14-5-6(15)4-13-9(7-2-1-3-18-7)8(10(16)17)11-12-13/h1-3,6,14-15H,4-5H2,(H,16,17). The summed E-state index contributed by atoms with van der Waals surface area (Å²) in [6.45, 7) is -0.535. The molecule has 2 rings (SSSR count). The van der Waals surface area contributed by atoms with Crippen LogP contribution < -0.4 is 0 Å². The minimum atomic E-state index is -1.24. The zero-order valence-corrected chi connectivity index (χ0v) is 9.22. The molecule has 1 atom stereocenters. The lowest BCUT2D eigenvalue weighted by atomic mass is 10.2. The van der Waals surface area contributed by atoms with Gasteiger partial charge in [-0.15, -0.1) is 5.10 Å². The second-order valence-electron chi connectivity index (χ2n) is 3.59. The van der Waals surface area contributed by atoms with Gasteiger partial charge in [-0.05, 0) is 12.1 Å². The number of aliphatic hydroxyl groups is 2. The molecule has 0 spiro atoms. The van der Waals surface area contributed by atoms with Gasteiger partial charge >= 0.3 is 5.97 Å². The van der Waals surface area contributed by atoms with Crippen molar-refractivity contribution in [3.63, 3.8) is 0 Å². The maximum atomic E-state index is 11.0. The van der Waals surface area contributed by atoms with Gasteiger partial charge in [0.1, 0.15) is 5.69 Å². The minimum absolute atomic E-state index is 0.0766. The first kappa shape index (κ1) is 12.3. The maximum absolute atomic E-state index is 11.0. The van der Waals surface area contributed by atoms with Crippen LogP contribution in [-0.2, 0) is 6.54 Å². The number of carboxylic acids is 1. The number of aliphatic hydroxyl groups excluding tert-OH is 2. The molecule has 96 valence electrons. The highest BCUT2D eigenvalue weighted by Gasteiger charge is 2.23. The molecule has 8 nitrogen and oxygen atoms in total. The zero-order chi connectivity index (χ0) is 13.1. The maximum Gasteiger partial charge on any atom is 0.358 e. The lowest BCUT2D eigenvalue weighted by Gasteiger charge is -2.08. The van der Waals surface area contributed by atoms with E-state index in [0.717, 1.165) is 0 Å². The van der Waals surface area contributed by atoms with Crippen molar-refractivity contribution in [3.05, 3.63) is 24.1 Å². The Balaban J connectivity index is 2.45. The molecule has 0 aliphatic heterocycles. The van der Waals surface area contributed by atoms with Crippen LogP contribution in [0.4, 0.5) is 0 Å². The predicted octanol–water partition coefficient (Wildman–Crippen LogP) is -0.411. The van der Waals surface area contributed by atoms with Gasteiger partial charge in [0.25, 0.3) is 0 Å². The van der Waals surface area contributed by atoms with E-state index >= 15 is 0 Å². The first-order valence-electron chi connectivity index (χ1n) is 5.13. The van der Waals surface area contributed by atoms with E-state index in [1.807, 2.05) is 0 Å². The summed E-state index contributed by atoms with van der Waals surface area (Å²) in [6.07, 6.45) is 0.336. The molecule has 18 heavy (non-hydrogen) atoms. The molecule has 2 heterocycles. The highest BCUT2D eigenvalue weighted by atomic mass is 16.4. The van der Waals surface area contributed by atoms with Crippen molar-refractivity contribution in [1.29, 1.82) is 0 Å². The summed E-state index contributed by atoms with van der Waals surface area (Å²) in [6, 6.07) is 3.16. The fraction of sp³-hybridized carbons (Fsp3) is 0.300. The summed E-state index contributed by atoms with van der Waals surface area (Å²) in [4.78, 5) is 11.0. The van der Waals surface area contributed by atoms with Crippen molar-refractivity contribution < 1.29 is 24.5 Å². The monoisotopic (exact) mass is 253 g/mol. The molecule has 0 amide bonds. The third kappa shape index (κ3) is 2.24. The predicted molar refractivity (Wildman–Crippen MR) is 57.8 cm³/mol. The Kier molecular flexibility index (Phi) is 3.40. The number of hydrogen-bond acceptors (Lipinski definition) is 6. The molecule has 0 bridgehead atoms. The van der Waals surface area contributed by atoms with Gasteiger partial charge in [-0.2, -0.15) is 0 Å². The lowest BCUT2D eigenvalue weighted by molar-refractivity contribution is 0.0690. The molecule has 0 aliphatic carbocycles. The summed E-state index contributed by atoms with van der Waals surface area (Å²) in [5.41, 5.74) is -0.116. The van der Waals surface area contributed by atoms with Gasteiger partial charge in [-0.3, -0.25) is 0 Å². The molecular formula is C10H11N3O5. The molecule has 0 aromatic carbocycles. The van der Waals surface area contributed by atoms with Crippen molar-refractivity contribution in [2.45, 2.75) is 12.6 Å². The quantitative estimate of drug-likeness (QED) is 0.662. The van der Waals surface area contributed by atoms with Gasteiger partial charge in [-0.1, -0.05) is 5.21 Å². The number of nitrogens with zero attached hydrogens (tertiary/aromatic N) is 3. The van der Waals surface area contributed by atoms with Crippen molar-refractivity contribution in [1.82, 2.24) is 15.0 Å².